The van der Waals surface area contributed by atoms with E-state index in [1.165, 1.54) is 17.0 Å². The smallest absolute Gasteiger partial charge is 0.254 e. The molecule has 0 radical (unpaired) electrons. The molecule has 2 aromatic rings. The summed E-state index contributed by atoms with van der Waals surface area (Å²) in [6, 6.07) is 17.7. The molecule has 2 atom stereocenters. The van der Waals surface area contributed by atoms with E-state index in [2.05, 4.69) is 11.4 Å². The SMILES string of the molecule is N#CC1(NC(=O)[C@@H]2C[C@@H](S(=O)(=O)c3ccccc3)CN2C(=O)c2ccccc2)CC1. The van der Waals surface area contributed by atoms with Gasteiger partial charge in [0.1, 0.15) is 11.6 Å². The Kier molecular flexibility index (Phi) is 5.08. The van der Waals surface area contributed by atoms with E-state index in [0.29, 0.717) is 18.4 Å². The van der Waals surface area contributed by atoms with Crippen molar-refractivity contribution in [3.05, 3.63) is 66.2 Å². The fourth-order valence-corrected chi connectivity index (χ4v) is 5.47. The molecule has 1 aliphatic carbocycles. The third kappa shape index (κ3) is 3.68. The highest BCUT2D eigenvalue weighted by molar-refractivity contribution is 7.92. The molecule has 0 aromatic heterocycles. The van der Waals surface area contributed by atoms with Crippen LogP contribution in [0.3, 0.4) is 0 Å². The summed E-state index contributed by atoms with van der Waals surface area (Å²) in [6.45, 7) is -0.0808. The van der Waals surface area contributed by atoms with Gasteiger partial charge in [-0.2, -0.15) is 5.26 Å². The Labute approximate surface area is 175 Å². The van der Waals surface area contributed by atoms with Gasteiger partial charge in [0.15, 0.2) is 9.84 Å². The number of nitriles is 1. The van der Waals surface area contributed by atoms with Gasteiger partial charge in [0.2, 0.25) is 5.91 Å². The van der Waals surface area contributed by atoms with Crippen molar-refractivity contribution in [2.24, 2.45) is 0 Å². The first-order valence-corrected chi connectivity index (χ1v) is 11.3. The summed E-state index contributed by atoms with van der Waals surface area (Å²) >= 11 is 0. The Hall–Kier alpha value is -3.18. The molecule has 2 aliphatic rings. The van der Waals surface area contributed by atoms with E-state index in [0.717, 1.165) is 0 Å². The van der Waals surface area contributed by atoms with Crippen molar-refractivity contribution >= 4 is 21.7 Å². The standard InChI is InChI=1S/C22H21N3O4S/c23-15-22(11-12-22)24-20(26)19-13-18(30(28,29)17-9-5-2-6-10-17)14-25(19)21(27)16-7-3-1-4-8-16/h1-10,18-19H,11-14H2,(H,24,26)/t18-,19+/m1/s1. The number of carbonyl (C=O) groups excluding carboxylic acids is 2. The number of hydrogen-bond acceptors (Lipinski definition) is 5. The van der Waals surface area contributed by atoms with E-state index in [1.807, 2.05) is 0 Å². The largest absolute Gasteiger partial charge is 0.336 e. The van der Waals surface area contributed by atoms with Crippen LogP contribution in [0.25, 0.3) is 0 Å². The van der Waals surface area contributed by atoms with Gasteiger partial charge < -0.3 is 10.2 Å². The number of hydrogen-bond donors (Lipinski definition) is 1. The zero-order valence-corrected chi connectivity index (χ0v) is 17.0. The molecule has 2 fully saturated rings. The molecule has 1 heterocycles. The molecule has 2 amide bonds. The van der Waals surface area contributed by atoms with Crippen molar-refractivity contribution in [3.63, 3.8) is 0 Å². The minimum absolute atomic E-state index is 0.0108. The summed E-state index contributed by atoms with van der Waals surface area (Å²) in [5, 5.41) is 11.1. The molecule has 1 aliphatic heterocycles. The van der Waals surface area contributed by atoms with Crippen molar-refractivity contribution < 1.29 is 18.0 Å². The number of amides is 2. The molecule has 1 N–H and O–H groups in total. The second-order valence-electron chi connectivity index (χ2n) is 7.74. The number of carbonyl (C=O) groups is 2. The van der Waals surface area contributed by atoms with Crippen molar-refractivity contribution in [1.82, 2.24) is 10.2 Å². The number of nitrogens with zero attached hydrogens (tertiary/aromatic N) is 2. The molecular weight excluding hydrogens is 402 g/mol. The lowest BCUT2D eigenvalue weighted by Gasteiger charge is -2.25. The normalized spacial score (nSPS) is 22.2. The Morgan fingerprint density at radius 1 is 1.03 bits per heavy atom. The molecule has 1 saturated carbocycles. The van der Waals surface area contributed by atoms with Gasteiger partial charge >= 0.3 is 0 Å². The first kappa shape index (κ1) is 20.1. The fraction of sp³-hybridized carbons (Fsp3) is 0.318. The fourth-order valence-electron chi connectivity index (χ4n) is 3.75. The Bertz CT molecular complexity index is 1110. The van der Waals surface area contributed by atoms with Gasteiger partial charge in [-0.1, -0.05) is 36.4 Å². The number of benzene rings is 2. The summed E-state index contributed by atoms with van der Waals surface area (Å²) in [5.74, 6) is -0.882. The zero-order chi connectivity index (χ0) is 21.4. The first-order chi connectivity index (χ1) is 14.4. The van der Waals surface area contributed by atoms with Crippen LogP contribution in [0.15, 0.2) is 65.6 Å². The molecule has 2 aromatic carbocycles. The van der Waals surface area contributed by atoms with E-state index in [9.17, 15) is 23.3 Å². The van der Waals surface area contributed by atoms with Crippen molar-refractivity contribution in [2.75, 3.05) is 6.54 Å². The molecular formula is C22H21N3O4S. The Morgan fingerprint density at radius 2 is 1.63 bits per heavy atom. The second-order valence-corrected chi connectivity index (χ2v) is 9.97. The summed E-state index contributed by atoms with van der Waals surface area (Å²) in [5.41, 5.74) is -0.510. The molecule has 0 spiro atoms. The van der Waals surface area contributed by atoms with Crippen LogP contribution in [0.4, 0.5) is 0 Å². The average Bonchev–Trinajstić information content (AvgIpc) is 3.39. The number of sulfone groups is 1. The Morgan fingerprint density at radius 3 is 2.20 bits per heavy atom. The van der Waals surface area contributed by atoms with Crippen molar-refractivity contribution in [2.45, 2.75) is 41.0 Å². The molecule has 8 heteroatoms. The molecule has 7 nitrogen and oxygen atoms in total. The molecule has 154 valence electrons. The van der Waals surface area contributed by atoms with E-state index < -0.39 is 38.5 Å². The maximum Gasteiger partial charge on any atom is 0.254 e. The van der Waals surface area contributed by atoms with Crippen molar-refractivity contribution in [1.29, 1.82) is 5.26 Å². The predicted octanol–water partition coefficient (Wildman–Crippen LogP) is 1.92. The van der Waals surface area contributed by atoms with Crippen LogP contribution in [-0.4, -0.2) is 48.5 Å². The number of rotatable bonds is 5. The third-order valence-corrected chi connectivity index (χ3v) is 7.83. The lowest BCUT2D eigenvalue weighted by molar-refractivity contribution is -0.125. The van der Waals surface area contributed by atoms with Crippen LogP contribution in [0.2, 0.25) is 0 Å². The summed E-state index contributed by atoms with van der Waals surface area (Å²) in [6.07, 6.45) is 1.10. The Balaban J connectivity index is 1.64. The average molecular weight is 423 g/mol. The van der Waals surface area contributed by atoms with Crippen LogP contribution >= 0.6 is 0 Å². The van der Waals surface area contributed by atoms with Gasteiger partial charge in [-0.15, -0.1) is 0 Å². The zero-order valence-electron chi connectivity index (χ0n) is 16.2. The molecule has 0 bridgehead atoms. The second kappa shape index (κ2) is 7.58. The molecule has 1 saturated heterocycles. The van der Waals surface area contributed by atoms with Crippen LogP contribution in [-0.2, 0) is 14.6 Å². The van der Waals surface area contributed by atoms with Crippen LogP contribution in [0.5, 0.6) is 0 Å². The van der Waals surface area contributed by atoms with Crippen LogP contribution < -0.4 is 5.32 Å². The van der Waals surface area contributed by atoms with Crippen LogP contribution in [0.1, 0.15) is 29.6 Å². The predicted molar refractivity (Wildman–Crippen MR) is 109 cm³/mol. The minimum Gasteiger partial charge on any atom is -0.336 e. The monoisotopic (exact) mass is 423 g/mol. The number of likely N-dealkylation sites (tertiary alicyclic amines) is 1. The highest BCUT2D eigenvalue weighted by Crippen LogP contribution is 2.36. The van der Waals surface area contributed by atoms with E-state index >= 15 is 0 Å². The van der Waals surface area contributed by atoms with Gasteiger partial charge in [-0.3, -0.25) is 9.59 Å². The van der Waals surface area contributed by atoms with Gasteiger partial charge in [0.25, 0.3) is 5.91 Å². The quantitative estimate of drug-likeness (QED) is 0.791. The highest BCUT2D eigenvalue weighted by atomic mass is 32.2. The van der Waals surface area contributed by atoms with E-state index in [1.54, 1.807) is 48.5 Å². The maximum atomic E-state index is 13.1. The summed E-state index contributed by atoms with van der Waals surface area (Å²) in [4.78, 5) is 27.6. The van der Waals surface area contributed by atoms with Gasteiger partial charge in [0.05, 0.1) is 16.2 Å². The number of nitrogens with one attached hydrogen (secondary N) is 1. The lowest BCUT2D eigenvalue weighted by Crippen LogP contribution is -2.49. The van der Waals surface area contributed by atoms with Crippen molar-refractivity contribution in [3.8, 4) is 6.07 Å². The van der Waals surface area contributed by atoms with Gasteiger partial charge in [-0.05, 0) is 43.5 Å². The first-order valence-electron chi connectivity index (χ1n) is 9.74. The summed E-state index contributed by atoms with van der Waals surface area (Å²) < 4.78 is 26.3. The topological polar surface area (TPSA) is 107 Å². The lowest BCUT2D eigenvalue weighted by atomic mass is 10.1. The summed E-state index contributed by atoms with van der Waals surface area (Å²) in [7, 11) is -3.73. The maximum absolute atomic E-state index is 13.1. The van der Waals surface area contributed by atoms with Crippen LogP contribution in [0, 0.1) is 11.3 Å². The minimum atomic E-state index is -3.73. The van der Waals surface area contributed by atoms with Gasteiger partial charge in [0, 0.05) is 12.1 Å². The highest BCUT2D eigenvalue weighted by Gasteiger charge is 2.50. The third-order valence-electron chi connectivity index (χ3n) is 5.68. The molecule has 0 unspecified atom stereocenters. The molecule has 30 heavy (non-hydrogen) atoms. The van der Waals surface area contributed by atoms with E-state index in [-0.39, 0.29) is 17.9 Å². The van der Waals surface area contributed by atoms with Gasteiger partial charge in [-0.25, -0.2) is 8.42 Å². The molecule has 4 rings (SSSR count). The van der Waals surface area contributed by atoms with E-state index in [4.69, 9.17) is 0 Å².